The van der Waals surface area contributed by atoms with Crippen LogP contribution in [0.3, 0.4) is 0 Å². The summed E-state index contributed by atoms with van der Waals surface area (Å²) in [5.74, 6) is -0.891. The van der Waals surface area contributed by atoms with E-state index >= 15 is 0 Å². The molecular formula is C24H24O2. The molecule has 2 nitrogen and oxygen atoms in total. The van der Waals surface area contributed by atoms with Crippen molar-refractivity contribution < 1.29 is 9.90 Å². The van der Waals surface area contributed by atoms with Gasteiger partial charge in [0.2, 0.25) is 0 Å². The highest BCUT2D eigenvalue weighted by molar-refractivity contribution is 5.89. The lowest BCUT2D eigenvalue weighted by Gasteiger charge is -2.33. The summed E-state index contributed by atoms with van der Waals surface area (Å²) in [6, 6.07) is 11.9. The number of carboxylic acid groups (broad SMARTS) is 1. The van der Waals surface area contributed by atoms with E-state index in [-0.39, 0.29) is 0 Å². The summed E-state index contributed by atoms with van der Waals surface area (Å²) in [7, 11) is 0. The Morgan fingerprint density at radius 2 is 1.35 bits per heavy atom. The number of carboxylic acids is 1. The smallest absolute Gasteiger partial charge is 0.335 e. The molecule has 3 aliphatic rings. The Kier molecular flexibility index (Phi) is 3.11. The van der Waals surface area contributed by atoms with E-state index in [1.165, 1.54) is 49.7 Å². The molecule has 26 heavy (non-hydrogen) atoms. The summed E-state index contributed by atoms with van der Waals surface area (Å²) in [5, 5.41) is 9.10. The van der Waals surface area contributed by atoms with Gasteiger partial charge in [0, 0.05) is 0 Å². The van der Waals surface area contributed by atoms with Gasteiger partial charge in [-0.3, -0.25) is 0 Å². The zero-order chi connectivity index (χ0) is 18.1. The van der Waals surface area contributed by atoms with Gasteiger partial charge in [0.05, 0.1) is 5.56 Å². The largest absolute Gasteiger partial charge is 0.478 e. The number of carbonyl (C=O) groups is 1. The molecule has 2 aromatic rings. The second-order valence-electron chi connectivity index (χ2n) is 8.63. The predicted octanol–water partition coefficient (Wildman–Crippen LogP) is 5.61. The minimum atomic E-state index is -0.891. The van der Waals surface area contributed by atoms with E-state index in [0.29, 0.717) is 16.4 Å². The zero-order valence-corrected chi connectivity index (χ0v) is 15.3. The summed E-state index contributed by atoms with van der Waals surface area (Å²) < 4.78 is 0. The maximum absolute atomic E-state index is 11.1. The Balaban J connectivity index is 1.57. The normalized spacial score (nSPS) is 20.7. The van der Waals surface area contributed by atoms with Crippen molar-refractivity contribution in [2.24, 2.45) is 0 Å². The molecule has 0 atom stereocenters. The molecule has 2 heteroatoms. The van der Waals surface area contributed by atoms with E-state index in [4.69, 9.17) is 5.11 Å². The first kappa shape index (κ1) is 15.9. The van der Waals surface area contributed by atoms with Crippen molar-refractivity contribution in [2.45, 2.75) is 56.3 Å². The molecule has 0 saturated heterocycles. The van der Waals surface area contributed by atoms with Gasteiger partial charge in [0.1, 0.15) is 0 Å². The van der Waals surface area contributed by atoms with Gasteiger partial charge >= 0.3 is 5.97 Å². The van der Waals surface area contributed by atoms with Gasteiger partial charge in [0.25, 0.3) is 0 Å². The van der Waals surface area contributed by atoms with Crippen molar-refractivity contribution in [1.29, 1.82) is 0 Å². The number of hydrogen-bond acceptors (Lipinski definition) is 1. The molecule has 1 N–H and O–H groups in total. The second-order valence-corrected chi connectivity index (χ2v) is 8.63. The van der Waals surface area contributed by atoms with Crippen molar-refractivity contribution in [3.05, 3.63) is 76.4 Å². The van der Waals surface area contributed by atoms with Gasteiger partial charge in [0.15, 0.2) is 0 Å². The quantitative estimate of drug-likeness (QED) is 0.785. The van der Waals surface area contributed by atoms with Crippen LogP contribution in [0.25, 0.3) is 5.57 Å². The molecule has 0 unspecified atom stereocenters. The topological polar surface area (TPSA) is 37.3 Å². The fraction of sp³-hybridized carbons (Fsp3) is 0.375. The zero-order valence-electron chi connectivity index (χ0n) is 15.3. The van der Waals surface area contributed by atoms with E-state index < -0.39 is 5.97 Å². The van der Waals surface area contributed by atoms with Gasteiger partial charge in [-0.15, -0.1) is 0 Å². The maximum Gasteiger partial charge on any atom is 0.335 e. The molecule has 2 aromatic carbocycles. The van der Waals surface area contributed by atoms with Crippen molar-refractivity contribution in [1.82, 2.24) is 0 Å². The SMILES string of the molecule is C=C(c1ccc(C(=O)O)cc1)c1cc2c(cc1C)C1(CC1)CCC21CC1. The summed E-state index contributed by atoms with van der Waals surface area (Å²) in [6.07, 6.45) is 8.09. The molecular weight excluding hydrogens is 320 g/mol. The van der Waals surface area contributed by atoms with Crippen LogP contribution in [-0.2, 0) is 10.8 Å². The summed E-state index contributed by atoms with van der Waals surface area (Å²) in [5.41, 5.74) is 8.96. The van der Waals surface area contributed by atoms with Crippen LogP contribution in [0.1, 0.15) is 76.7 Å². The molecule has 2 spiro atoms. The van der Waals surface area contributed by atoms with Gasteiger partial charge in [-0.1, -0.05) is 30.8 Å². The first-order chi connectivity index (χ1) is 12.4. The Morgan fingerprint density at radius 1 is 0.885 bits per heavy atom. The first-order valence-corrected chi connectivity index (χ1v) is 9.63. The molecule has 0 radical (unpaired) electrons. The summed E-state index contributed by atoms with van der Waals surface area (Å²) in [4.78, 5) is 11.1. The Labute approximate surface area is 154 Å². The van der Waals surface area contributed by atoms with Crippen LogP contribution in [0.2, 0.25) is 0 Å². The predicted molar refractivity (Wildman–Crippen MR) is 104 cm³/mol. The number of benzene rings is 2. The van der Waals surface area contributed by atoms with Crippen molar-refractivity contribution in [2.75, 3.05) is 0 Å². The van der Waals surface area contributed by atoms with Gasteiger partial charge < -0.3 is 5.11 Å². The monoisotopic (exact) mass is 344 g/mol. The molecule has 0 aliphatic heterocycles. The van der Waals surface area contributed by atoms with Crippen molar-refractivity contribution >= 4 is 11.5 Å². The summed E-state index contributed by atoms with van der Waals surface area (Å²) in [6.45, 7) is 6.54. The average Bonchev–Trinajstić information content (AvgIpc) is 3.54. The minimum Gasteiger partial charge on any atom is -0.478 e. The first-order valence-electron chi connectivity index (χ1n) is 9.63. The lowest BCUT2D eigenvalue weighted by atomic mass is 9.71. The second kappa shape index (κ2) is 5.09. The van der Waals surface area contributed by atoms with Crippen LogP contribution >= 0.6 is 0 Å². The summed E-state index contributed by atoms with van der Waals surface area (Å²) >= 11 is 0. The molecule has 0 bridgehead atoms. The molecule has 132 valence electrons. The fourth-order valence-electron chi connectivity index (χ4n) is 4.97. The third-order valence-electron chi connectivity index (χ3n) is 7.10. The lowest BCUT2D eigenvalue weighted by Crippen LogP contribution is -2.24. The van der Waals surface area contributed by atoms with Gasteiger partial charge in [-0.2, -0.15) is 0 Å². The molecule has 3 aliphatic carbocycles. The fourth-order valence-corrected chi connectivity index (χ4v) is 4.97. The molecule has 2 saturated carbocycles. The molecule has 0 heterocycles. The van der Waals surface area contributed by atoms with Crippen molar-refractivity contribution in [3.8, 4) is 0 Å². The van der Waals surface area contributed by atoms with Crippen molar-refractivity contribution in [3.63, 3.8) is 0 Å². The third kappa shape index (κ3) is 2.21. The van der Waals surface area contributed by atoms with E-state index in [1.807, 2.05) is 12.1 Å². The van der Waals surface area contributed by atoms with Crippen LogP contribution in [0.4, 0.5) is 0 Å². The maximum atomic E-state index is 11.1. The third-order valence-corrected chi connectivity index (χ3v) is 7.10. The van der Waals surface area contributed by atoms with Crippen LogP contribution in [-0.4, -0.2) is 11.1 Å². The highest BCUT2D eigenvalue weighted by Crippen LogP contribution is 2.65. The van der Waals surface area contributed by atoms with Crippen LogP contribution in [0, 0.1) is 6.92 Å². The van der Waals surface area contributed by atoms with Gasteiger partial charge in [-0.25, -0.2) is 4.79 Å². The van der Waals surface area contributed by atoms with E-state index in [2.05, 4.69) is 25.6 Å². The number of aryl methyl sites for hydroxylation is 1. The average molecular weight is 344 g/mol. The molecule has 0 aromatic heterocycles. The van der Waals surface area contributed by atoms with Crippen LogP contribution in [0.15, 0.2) is 43.0 Å². The Hall–Kier alpha value is -2.35. The van der Waals surface area contributed by atoms with Crippen LogP contribution in [0.5, 0.6) is 0 Å². The van der Waals surface area contributed by atoms with E-state index in [9.17, 15) is 4.79 Å². The molecule has 5 rings (SSSR count). The molecule has 2 fully saturated rings. The van der Waals surface area contributed by atoms with E-state index in [1.54, 1.807) is 23.3 Å². The minimum absolute atomic E-state index is 0.316. The van der Waals surface area contributed by atoms with Crippen LogP contribution < -0.4 is 0 Å². The molecule has 0 amide bonds. The standard InChI is InChI=1S/C24H24O2/c1-15-13-20-21(24(11-12-24)10-9-23(20)7-8-23)14-19(15)16(2)17-3-5-18(6-4-17)22(25)26/h3-6,13-14H,2,7-12H2,1H3,(H,25,26). The number of rotatable bonds is 3. The highest BCUT2D eigenvalue weighted by Gasteiger charge is 2.57. The number of hydrogen-bond donors (Lipinski definition) is 1. The Bertz CT molecular complexity index is 941. The number of aromatic carboxylic acids is 1. The van der Waals surface area contributed by atoms with E-state index in [0.717, 1.165) is 11.1 Å². The lowest BCUT2D eigenvalue weighted by molar-refractivity contribution is 0.0697. The Morgan fingerprint density at radius 3 is 1.85 bits per heavy atom. The highest BCUT2D eigenvalue weighted by atomic mass is 16.4. The number of fused-ring (bicyclic) bond motifs is 3. The van der Waals surface area contributed by atoms with Gasteiger partial charge in [-0.05, 0) is 102 Å².